The lowest BCUT2D eigenvalue weighted by Crippen LogP contribution is -2.13. The van der Waals surface area contributed by atoms with Gasteiger partial charge in [-0.05, 0) is 44.0 Å². The van der Waals surface area contributed by atoms with Crippen molar-refractivity contribution in [1.29, 1.82) is 0 Å². The molecule has 2 aromatic rings. The Morgan fingerprint density at radius 1 is 1.32 bits per heavy atom. The number of halogens is 1. The third kappa shape index (κ3) is 2.96. The average Bonchev–Trinajstić information content (AvgIpc) is 2.62. The minimum Gasteiger partial charge on any atom is -0.375 e. The number of hydrogen-bond acceptors (Lipinski definition) is 4. The number of nitrogens with one attached hydrogen (secondary N) is 1. The van der Waals surface area contributed by atoms with Gasteiger partial charge < -0.3 is 11.1 Å². The summed E-state index contributed by atoms with van der Waals surface area (Å²) in [6.45, 7) is 5.70. The predicted octanol–water partition coefficient (Wildman–Crippen LogP) is 3.67. The summed E-state index contributed by atoms with van der Waals surface area (Å²) in [5.74, 6) is -0.166. The first-order valence-electron chi connectivity index (χ1n) is 5.69. The third-order valence-corrected chi connectivity index (χ3v) is 4.20. The minimum atomic E-state index is -0.166. The summed E-state index contributed by atoms with van der Waals surface area (Å²) in [5, 5.41) is 3.34. The molecular formula is C13H14BrN3OS. The molecule has 19 heavy (non-hydrogen) atoms. The van der Waals surface area contributed by atoms with E-state index in [2.05, 4.69) is 26.2 Å². The van der Waals surface area contributed by atoms with Gasteiger partial charge in [-0.15, -0.1) is 0 Å². The van der Waals surface area contributed by atoms with Crippen molar-refractivity contribution >= 4 is 44.0 Å². The van der Waals surface area contributed by atoms with Gasteiger partial charge in [-0.1, -0.05) is 27.3 Å². The molecule has 2 rings (SSSR count). The fourth-order valence-electron chi connectivity index (χ4n) is 1.91. The zero-order valence-electron chi connectivity index (χ0n) is 10.9. The molecule has 4 nitrogen and oxygen atoms in total. The van der Waals surface area contributed by atoms with Gasteiger partial charge >= 0.3 is 0 Å². The number of aryl methyl sites for hydroxylation is 3. The van der Waals surface area contributed by atoms with Crippen molar-refractivity contribution in [2.75, 3.05) is 11.1 Å². The maximum Gasteiger partial charge on any atom is 0.267 e. The second kappa shape index (κ2) is 5.30. The summed E-state index contributed by atoms with van der Waals surface area (Å²) in [5.41, 5.74) is 9.12. The van der Waals surface area contributed by atoms with Crippen molar-refractivity contribution < 1.29 is 4.79 Å². The Bertz CT molecular complexity index is 628. The molecule has 1 aromatic carbocycles. The Hall–Kier alpha value is -1.40. The number of rotatable bonds is 2. The maximum atomic E-state index is 12.2. The van der Waals surface area contributed by atoms with Gasteiger partial charge in [-0.25, -0.2) is 4.98 Å². The van der Waals surface area contributed by atoms with Gasteiger partial charge in [0.15, 0.2) is 5.13 Å². The monoisotopic (exact) mass is 339 g/mol. The van der Waals surface area contributed by atoms with Crippen molar-refractivity contribution in [3.63, 3.8) is 0 Å². The van der Waals surface area contributed by atoms with Crippen LogP contribution in [0, 0.1) is 20.8 Å². The van der Waals surface area contributed by atoms with Crippen LogP contribution in [0.2, 0.25) is 0 Å². The van der Waals surface area contributed by atoms with E-state index in [4.69, 9.17) is 5.73 Å². The molecule has 0 bridgehead atoms. The number of carbonyl (C=O) groups is 1. The second-order valence-electron chi connectivity index (χ2n) is 4.34. The molecule has 0 saturated carbocycles. The summed E-state index contributed by atoms with van der Waals surface area (Å²) in [7, 11) is 0. The molecular weight excluding hydrogens is 326 g/mol. The number of amides is 1. The third-order valence-electron chi connectivity index (χ3n) is 2.76. The number of carbonyl (C=O) groups excluding carboxylic acids is 1. The average molecular weight is 340 g/mol. The van der Waals surface area contributed by atoms with Gasteiger partial charge in [0.2, 0.25) is 0 Å². The highest BCUT2D eigenvalue weighted by atomic mass is 79.9. The summed E-state index contributed by atoms with van der Waals surface area (Å²) in [6.07, 6.45) is 0. The van der Waals surface area contributed by atoms with E-state index in [0.717, 1.165) is 21.3 Å². The molecule has 0 fully saturated rings. The molecule has 1 aromatic heterocycles. The Balaban J connectivity index is 2.32. The molecule has 0 saturated heterocycles. The highest BCUT2D eigenvalue weighted by molar-refractivity contribution is 9.10. The molecule has 1 heterocycles. The molecule has 1 amide bonds. The number of hydrogen-bond donors (Lipinski definition) is 2. The zero-order chi connectivity index (χ0) is 14.2. The summed E-state index contributed by atoms with van der Waals surface area (Å²) in [6, 6.07) is 3.94. The van der Waals surface area contributed by atoms with Crippen LogP contribution in [0.5, 0.6) is 0 Å². The van der Waals surface area contributed by atoms with Crippen molar-refractivity contribution in [3.8, 4) is 0 Å². The fraction of sp³-hybridized carbons (Fsp3) is 0.231. The Morgan fingerprint density at radius 3 is 2.37 bits per heavy atom. The van der Waals surface area contributed by atoms with E-state index < -0.39 is 0 Å². The number of nitrogens with zero attached hydrogens (tertiary/aromatic N) is 1. The molecule has 0 spiro atoms. The molecule has 0 aliphatic rings. The SMILES string of the molecule is Cc1cc(Br)cc(C)c1NC(=O)c1sc(N)nc1C. The topological polar surface area (TPSA) is 68.0 Å². The van der Waals surface area contributed by atoms with Crippen LogP contribution in [0.15, 0.2) is 16.6 Å². The Kier molecular flexibility index (Phi) is 3.91. The number of thiazole rings is 1. The molecule has 3 N–H and O–H groups in total. The summed E-state index contributed by atoms with van der Waals surface area (Å²) in [4.78, 5) is 16.8. The highest BCUT2D eigenvalue weighted by Crippen LogP contribution is 2.27. The van der Waals surface area contributed by atoms with Crippen molar-refractivity contribution in [3.05, 3.63) is 38.3 Å². The lowest BCUT2D eigenvalue weighted by Gasteiger charge is -2.11. The summed E-state index contributed by atoms with van der Waals surface area (Å²) >= 11 is 4.64. The zero-order valence-corrected chi connectivity index (χ0v) is 13.3. The minimum absolute atomic E-state index is 0.166. The van der Waals surface area contributed by atoms with Crippen LogP contribution in [0.1, 0.15) is 26.5 Å². The van der Waals surface area contributed by atoms with Gasteiger partial charge in [-0.3, -0.25) is 4.79 Å². The molecule has 0 aliphatic carbocycles. The van der Waals surface area contributed by atoms with E-state index in [1.807, 2.05) is 26.0 Å². The van der Waals surface area contributed by atoms with E-state index in [9.17, 15) is 4.79 Å². The molecule has 0 aliphatic heterocycles. The standard InChI is InChI=1S/C13H14BrN3OS/c1-6-4-9(14)5-7(2)10(6)17-12(18)11-8(3)16-13(15)19-11/h4-5H,1-3H3,(H2,15,16)(H,17,18). The van der Waals surface area contributed by atoms with Crippen molar-refractivity contribution in [1.82, 2.24) is 4.98 Å². The van der Waals surface area contributed by atoms with Crippen LogP contribution in [-0.4, -0.2) is 10.9 Å². The predicted molar refractivity (Wildman–Crippen MR) is 82.8 cm³/mol. The van der Waals surface area contributed by atoms with Gasteiger partial charge in [0.05, 0.1) is 5.69 Å². The highest BCUT2D eigenvalue weighted by Gasteiger charge is 2.16. The smallest absolute Gasteiger partial charge is 0.267 e. The second-order valence-corrected chi connectivity index (χ2v) is 6.28. The molecule has 0 radical (unpaired) electrons. The lowest BCUT2D eigenvalue weighted by molar-refractivity contribution is 0.102. The largest absolute Gasteiger partial charge is 0.375 e. The molecule has 100 valence electrons. The first-order chi connectivity index (χ1) is 8.88. The van der Waals surface area contributed by atoms with Crippen molar-refractivity contribution in [2.24, 2.45) is 0 Å². The van der Waals surface area contributed by atoms with Crippen LogP contribution in [-0.2, 0) is 0 Å². The summed E-state index contributed by atoms with van der Waals surface area (Å²) < 4.78 is 0.999. The number of nitrogen functional groups attached to an aromatic ring is 1. The number of benzene rings is 1. The molecule has 6 heteroatoms. The van der Waals surface area contributed by atoms with Crippen LogP contribution < -0.4 is 11.1 Å². The Morgan fingerprint density at radius 2 is 1.89 bits per heavy atom. The number of aromatic nitrogens is 1. The van der Waals surface area contributed by atoms with E-state index >= 15 is 0 Å². The van der Waals surface area contributed by atoms with E-state index in [1.165, 1.54) is 11.3 Å². The fourth-order valence-corrected chi connectivity index (χ4v) is 3.32. The van der Waals surface area contributed by atoms with E-state index in [0.29, 0.717) is 15.7 Å². The van der Waals surface area contributed by atoms with Gasteiger partial charge in [0.1, 0.15) is 4.88 Å². The first kappa shape index (κ1) is 14.0. The van der Waals surface area contributed by atoms with Crippen LogP contribution >= 0.6 is 27.3 Å². The number of anilines is 2. The normalized spacial score (nSPS) is 10.5. The lowest BCUT2D eigenvalue weighted by atomic mass is 10.1. The quantitative estimate of drug-likeness (QED) is 0.877. The van der Waals surface area contributed by atoms with Crippen molar-refractivity contribution in [2.45, 2.75) is 20.8 Å². The van der Waals surface area contributed by atoms with Gasteiger partial charge in [0.25, 0.3) is 5.91 Å². The molecule has 0 unspecified atom stereocenters. The van der Waals surface area contributed by atoms with Gasteiger partial charge in [0, 0.05) is 10.2 Å². The van der Waals surface area contributed by atoms with E-state index in [1.54, 1.807) is 6.92 Å². The van der Waals surface area contributed by atoms with Crippen LogP contribution in [0.4, 0.5) is 10.8 Å². The van der Waals surface area contributed by atoms with Crippen LogP contribution in [0.25, 0.3) is 0 Å². The van der Waals surface area contributed by atoms with Gasteiger partial charge in [-0.2, -0.15) is 0 Å². The number of nitrogens with two attached hydrogens (primary N) is 1. The van der Waals surface area contributed by atoms with Crippen LogP contribution in [0.3, 0.4) is 0 Å². The Labute approximate surface area is 124 Å². The van der Waals surface area contributed by atoms with E-state index in [-0.39, 0.29) is 5.91 Å². The molecule has 0 atom stereocenters. The maximum absolute atomic E-state index is 12.2. The first-order valence-corrected chi connectivity index (χ1v) is 7.30.